The second-order valence-electron chi connectivity index (χ2n) is 12.4. The van der Waals surface area contributed by atoms with Gasteiger partial charge in [-0.25, -0.2) is 0 Å². The van der Waals surface area contributed by atoms with Gasteiger partial charge in [-0.1, -0.05) is 146 Å². The number of furan rings is 2. The summed E-state index contributed by atoms with van der Waals surface area (Å²) in [6.07, 6.45) is 0. The Morgan fingerprint density at radius 2 is 0.854 bits per heavy atom. The number of fused-ring (bicyclic) bond motifs is 6. The van der Waals surface area contributed by atoms with Crippen LogP contribution >= 0.6 is 0 Å². The third-order valence-electron chi connectivity index (χ3n) is 9.67. The SMILES string of the molecule is c1ccc(-c2cc3cc4c(cc3o2)oc2cccc(-c3ccc(-c5c6ccccc6c(-c6ccccc6)c6ccccc56)cc3)c24)cc1. The minimum Gasteiger partial charge on any atom is -0.456 e. The van der Waals surface area contributed by atoms with Crippen LogP contribution < -0.4 is 0 Å². The lowest BCUT2D eigenvalue weighted by atomic mass is 9.85. The molecule has 0 atom stereocenters. The molecular formula is C46H28O2. The van der Waals surface area contributed by atoms with Crippen molar-refractivity contribution in [2.24, 2.45) is 0 Å². The first kappa shape index (κ1) is 26.8. The molecule has 8 aromatic carbocycles. The highest BCUT2D eigenvalue weighted by Crippen LogP contribution is 2.45. The van der Waals surface area contributed by atoms with Crippen molar-refractivity contribution in [3.05, 3.63) is 170 Å². The lowest BCUT2D eigenvalue weighted by Crippen LogP contribution is -1.90. The molecule has 224 valence electrons. The van der Waals surface area contributed by atoms with Crippen molar-refractivity contribution in [2.75, 3.05) is 0 Å². The number of benzene rings is 8. The molecule has 0 aliphatic heterocycles. The third-order valence-corrected chi connectivity index (χ3v) is 9.67. The van der Waals surface area contributed by atoms with Gasteiger partial charge in [0.25, 0.3) is 0 Å². The van der Waals surface area contributed by atoms with Crippen molar-refractivity contribution >= 4 is 54.5 Å². The van der Waals surface area contributed by atoms with Crippen LogP contribution in [0.3, 0.4) is 0 Å². The van der Waals surface area contributed by atoms with Crippen LogP contribution in [-0.2, 0) is 0 Å². The summed E-state index contributed by atoms with van der Waals surface area (Å²) in [5.74, 6) is 0.857. The van der Waals surface area contributed by atoms with Gasteiger partial charge in [-0.2, -0.15) is 0 Å². The van der Waals surface area contributed by atoms with E-state index < -0.39 is 0 Å². The molecule has 2 heterocycles. The van der Waals surface area contributed by atoms with Gasteiger partial charge in [-0.15, -0.1) is 0 Å². The van der Waals surface area contributed by atoms with Crippen molar-refractivity contribution in [3.63, 3.8) is 0 Å². The topological polar surface area (TPSA) is 26.3 Å². The molecule has 0 bridgehead atoms. The molecule has 10 aromatic rings. The first-order chi connectivity index (χ1) is 23.8. The minimum absolute atomic E-state index is 0.823. The van der Waals surface area contributed by atoms with E-state index in [0.717, 1.165) is 55.4 Å². The Morgan fingerprint density at radius 3 is 1.48 bits per heavy atom. The first-order valence-corrected chi connectivity index (χ1v) is 16.3. The number of hydrogen-bond acceptors (Lipinski definition) is 2. The standard InChI is InChI=1S/C46H28O2/c1-3-12-30(13-4-1)41-27-33-26-39-43(28-42(33)48-41)47-40-21-11-20-34(46(39)40)29-22-24-32(25-23-29)45-37-18-9-7-16-35(37)44(31-14-5-2-6-15-31)36-17-8-10-19-38(36)45/h1-28H. The van der Waals surface area contributed by atoms with E-state index in [1.807, 2.05) is 24.3 Å². The van der Waals surface area contributed by atoms with Gasteiger partial charge >= 0.3 is 0 Å². The summed E-state index contributed by atoms with van der Waals surface area (Å²) in [4.78, 5) is 0. The predicted octanol–water partition coefficient (Wildman–Crippen LogP) is 13.3. The summed E-state index contributed by atoms with van der Waals surface area (Å²) in [5.41, 5.74) is 10.9. The van der Waals surface area contributed by atoms with Crippen molar-refractivity contribution in [1.82, 2.24) is 0 Å². The normalized spacial score (nSPS) is 11.8. The maximum Gasteiger partial charge on any atom is 0.139 e. The van der Waals surface area contributed by atoms with Gasteiger partial charge < -0.3 is 8.83 Å². The molecule has 10 rings (SSSR count). The highest BCUT2D eigenvalue weighted by atomic mass is 16.3. The van der Waals surface area contributed by atoms with Crippen LogP contribution in [0.2, 0.25) is 0 Å². The molecule has 2 heteroatoms. The number of rotatable bonds is 4. The van der Waals surface area contributed by atoms with E-state index in [1.54, 1.807) is 0 Å². The van der Waals surface area contributed by atoms with E-state index in [4.69, 9.17) is 8.83 Å². The van der Waals surface area contributed by atoms with E-state index >= 15 is 0 Å². The fourth-order valence-corrected chi connectivity index (χ4v) is 7.52. The van der Waals surface area contributed by atoms with Crippen LogP contribution in [-0.4, -0.2) is 0 Å². The zero-order valence-electron chi connectivity index (χ0n) is 26.0. The lowest BCUT2D eigenvalue weighted by Gasteiger charge is -2.18. The summed E-state index contributed by atoms with van der Waals surface area (Å²) in [7, 11) is 0. The Bertz CT molecular complexity index is 2750. The molecule has 48 heavy (non-hydrogen) atoms. The maximum atomic E-state index is 6.41. The highest BCUT2D eigenvalue weighted by molar-refractivity contribution is 6.21. The molecule has 0 radical (unpaired) electrons. The molecule has 2 aromatic heterocycles. The van der Waals surface area contributed by atoms with E-state index in [9.17, 15) is 0 Å². The quantitative estimate of drug-likeness (QED) is 0.185. The molecule has 2 nitrogen and oxygen atoms in total. The van der Waals surface area contributed by atoms with E-state index in [-0.39, 0.29) is 0 Å². The van der Waals surface area contributed by atoms with Gasteiger partial charge in [-0.05, 0) is 73.1 Å². The summed E-state index contributed by atoms with van der Waals surface area (Å²) in [6.45, 7) is 0. The molecule has 0 fully saturated rings. The maximum absolute atomic E-state index is 6.41. The molecule has 0 saturated carbocycles. The van der Waals surface area contributed by atoms with Crippen LogP contribution in [0.1, 0.15) is 0 Å². The van der Waals surface area contributed by atoms with Gasteiger partial charge in [0.1, 0.15) is 22.5 Å². The Hall–Kier alpha value is -6.38. The fourth-order valence-electron chi connectivity index (χ4n) is 7.52. The van der Waals surface area contributed by atoms with Crippen molar-refractivity contribution < 1.29 is 8.83 Å². The van der Waals surface area contributed by atoms with Crippen LogP contribution in [0.4, 0.5) is 0 Å². The van der Waals surface area contributed by atoms with Crippen LogP contribution in [0.25, 0.3) is 99.2 Å². The van der Waals surface area contributed by atoms with Crippen molar-refractivity contribution in [1.29, 1.82) is 0 Å². The molecular weight excluding hydrogens is 585 g/mol. The van der Waals surface area contributed by atoms with Crippen LogP contribution in [0.15, 0.2) is 179 Å². The molecule has 0 spiro atoms. The van der Waals surface area contributed by atoms with Crippen LogP contribution in [0.5, 0.6) is 0 Å². The van der Waals surface area contributed by atoms with Crippen molar-refractivity contribution in [3.8, 4) is 44.7 Å². The fraction of sp³-hybridized carbons (Fsp3) is 0. The van der Waals surface area contributed by atoms with Gasteiger partial charge in [0, 0.05) is 27.8 Å². The Labute approximate surface area is 277 Å². The predicted molar refractivity (Wildman–Crippen MR) is 200 cm³/mol. The second kappa shape index (κ2) is 10.6. The highest BCUT2D eigenvalue weighted by Gasteiger charge is 2.18. The van der Waals surface area contributed by atoms with E-state index in [2.05, 4.69) is 146 Å². The average Bonchev–Trinajstić information content (AvgIpc) is 3.74. The third kappa shape index (κ3) is 4.13. The largest absolute Gasteiger partial charge is 0.456 e. The second-order valence-corrected chi connectivity index (χ2v) is 12.4. The van der Waals surface area contributed by atoms with Gasteiger partial charge in [0.15, 0.2) is 0 Å². The Balaban J connectivity index is 1.13. The van der Waals surface area contributed by atoms with E-state index in [0.29, 0.717) is 0 Å². The molecule has 0 N–H and O–H groups in total. The van der Waals surface area contributed by atoms with Gasteiger partial charge in [0.2, 0.25) is 0 Å². The zero-order chi connectivity index (χ0) is 31.6. The lowest BCUT2D eigenvalue weighted by molar-refractivity contribution is 0.628. The van der Waals surface area contributed by atoms with Gasteiger partial charge in [-0.3, -0.25) is 0 Å². The van der Waals surface area contributed by atoms with Crippen molar-refractivity contribution in [2.45, 2.75) is 0 Å². The van der Waals surface area contributed by atoms with Gasteiger partial charge in [0.05, 0.1) is 0 Å². The average molecular weight is 613 g/mol. The first-order valence-electron chi connectivity index (χ1n) is 16.3. The molecule has 0 aliphatic carbocycles. The Morgan fingerprint density at radius 1 is 0.312 bits per heavy atom. The van der Waals surface area contributed by atoms with E-state index in [1.165, 1.54) is 43.8 Å². The summed E-state index contributed by atoms with van der Waals surface area (Å²) in [5, 5.41) is 8.30. The summed E-state index contributed by atoms with van der Waals surface area (Å²) < 4.78 is 12.7. The molecule has 0 aliphatic rings. The minimum atomic E-state index is 0.823. The molecule has 0 unspecified atom stereocenters. The monoisotopic (exact) mass is 612 g/mol. The Kier molecular flexibility index (Phi) is 5.91. The van der Waals surface area contributed by atoms with Crippen LogP contribution in [0, 0.1) is 0 Å². The zero-order valence-corrected chi connectivity index (χ0v) is 26.0. The molecule has 0 amide bonds. The smallest absolute Gasteiger partial charge is 0.139 e. The summed E-state index contributed by atoms with van der Waals surface area (Å²) >= 11 is 0. The summed E-state index contributed by atoms with van der Waals surface area (Å²) in [6, 6.07) is 60.3. The molecule has 0 saturated heterocycles. The number of hydrogen-bond donors (Lipinski definition) is 0.